The quantitative estimate of drug-likeness (QED) is 0.0186. The molecule has 0 bridgehead atoms. The van der Waals surface area contributed by atoms with Crippen LogP contribution in [-0.4, -0.2) is 234 Å². The second kappa shape index (κ2) is 54.2. The maximum atomic E-state index is 15.0. The summed E-state index contributed by atoms with van der Waals surface area (Å²) < 4.78 is 92.1. The number of hydrogen-bond donors (Lipinski definition) is 4. The molecule has 640 valence electrons. The first-order chi connectivity index (χ1) is 54.3. The number of halogens is 3. The molecule has 3 aliphatic heterocycles. The van der Waals surface area contributed by atoms with Gasteiger partial charge in [-0.3, -0.25) is 24.0 Å². The van der Waals surface area contributed by atoms with Crippen LogP contribution in [0.15, 0.2) is 90.5 Å². The Kier molecular flexibility index (Phi) is 48.7. The molecule has 4 N–H and O–H groups in total. The molecule has 3 unspecified atom stereocenters. The maximum absolute atomic E-state index is 15.0. The number of esters is 5. The van der Waals surface area contributed by atoms with Gasteiger partial charge in [-0.1, -0.05) is 134 Å². The van der Waals surface area contributed by atoms with Gasteiger partial charge in [0.2, 0.25) is 0 Å². The molecule has 6 aliphatic rings. The number of hydrogen-bond acceptors (Lipinski definition) is 31. The first-order valence-electron chi connectivity index (χ1n) is 33.5. The molecule has 3 saturated carbocycles. The highest BCUT2D eigenvalue weighted by atomic mass is 32.2. The predicted octanol–water partition coefficient (Wildman–Crippen LogP) is 13.4. The molecular weight excluding hydrogens is 1590 g/mol. The highest BCUT2D eigenvalue weighted by Gasteiger charge is 2.54. The van der Waals surface area contributed by atoms with Gasteiger partial charge in [-0.05, 0) is 105 Å². The number of azide groups is 12. The Morgan fingerprint density at radius 3 is 1.07 bits per heavy atom. The number of aliphatic hydroxyl groups excluding tert-OH is 4. The molecule has 54 nitrogen and oxygen atoms in total. The van der Waals surface area contributed by atoms with Gasteiger partial charge >= 0.3 is 29.8 Å². The van der Waals surface area contributed by atoms with E-state index in [9.17, 15) is 53.2 Å². The van der Waals surface area contributed by atoms with Crippen molar-refractivity contribution in [2.75, 3.05) is 19.6 Å². The summed E-state index contributed by atoms with van der Waals surface area (Å²) in [5.41, 5.74) is 105. The fourth-order valence-corrected chi connectivity index (χ4v) is 13.2. The highest BCUT2D eigenvalue weighted by molar-refractivity contribution is 7.99. The topological polar surface area (TPSA) is 834 Å². The van der Waals surface area contributed by atoms with E-state index in [1.807, 2.05) is 31.2 Å². The van der Waals surface area contributed by atoms with Crippen molar-refractivity contribution in [2.24, 2.45) is 79.1 Å². The molecule has 0 spiro atoms. The number of carbonyl (C=O) groups is 5. The van der Waals surface area contributed by atoms with Crippen molar-refractivity contribution in [3.8, 4) is 0 Å². The van der Waals surface area contributed by atoms with Crippen molar-refractivity contribution in [2.45, 2.75) is 273 Å². The van der Waals surface area contributed by atoms with E-state index in [-0.39, 0.29) is 61.2 Å². The lowest BCUT2D eigenvalue weighted by molar-refractivity contribution is -0.272. The van der Waals surface area contributed by atoms with Crippen molar-refractivity contribution < 1.29 is 100 Å². The number of alkyl halides is 3. The zero-order valence-corrected chi connectivity index (χ0v) is 62.3. The number of thioether (sulfide) groups is 1. The molecule has 0 amide bonds. The molecule has 1 aromatic carbocycles. The summed E-state index contributed by atoms with van der Waals surface area (Å²) in [7, 11) is 0. The third-order valence-electron chi connectivity index (χ3n) is 17.6. The summed E-state index contributed by atoms with van der Waals surface area (Å²) in [6.45, 7) is 11.8. The fourth-order valence-electron chi connectivity index (χ4n) is 12.1. The van der Waals surface area contributed by atoms with E-state index in [0.717, 1.165) is 31.2 Å². The Hall–Kier alpha value is -11.7. The summed E-state index contributed by atoms with van der Waals surface area (Å²) in [5.74, 6) is -5.49. The normalized spacial score (nSPS) is 33.1. The fraction of sp³-hybridized carbons (Fsp3) is 0.814. The summed E-state index contributed by atoms with van der Waals surface area (Å²) >= 11 is 1.30. The van der Waals surface area contributed by atoms with Crippen LogP contribution in [0.5, 0.6) is 0 Å². The Morgan fingerprint density at radius 2 is 0.709 bits per heavy atom. The van der Waals surface area contributed by atoms with Crippen LogP contribution in [-0.2, 0) is 66.6 Å². The van der Waals surface area contributed by atoms with Crippen molar-refractivity contribution in [3.63, 3.8) is 0 Å². The number of rotatable bonds is 24. The monoisotopic (exact) mass is 1680 g/mol. The van der Waals surface area contributed by atoms with Gasteiger partial charge in [-0.25, -0.2) is 13.2 Å². The van der Waals surface area contributed by atoms with Crippen LogP contribution < -0.4 is 0 Å². The molecule has 58 heteroatoms. The predicted molar refractivity (Wildman–Crippen MR) is 401 cm³/mol. The van der Waals surface area contributed by atoms with E-state index in [2.05, 4.69) is 125 Å². The van der Waals surface area contributed by atoms with Crippen LogP contribution in [0, 0.1) is 24.7 Å². The van der Waals surface area contributed by atoms with Crippen molar-refractivity contribution in [1.29, 1.82) is 0 Å². The van der Waals surface area contributed by atoms with Crippen LogP contribution in [0.4, 0.5) is 13.2 Å². The number of nitrogens with zero attached hydrogens (tertiary/aromatic N) is 36. The average Bonchev–Trinajstić information content (AvgIpc) is 0.778. The molecule has 7 rings (SSSR count). The minimum atomic E-state index is -1.77. The SMILES string of the molecule is C.C.C.CC(=O)OC(C)=O.CC(=O)O[C@@H]1[C@@H](O)[C@H](O[C@H]2O[C@H](CN=[N+]=[N-])[C@@H](C)[C@H](F)[C@H]2N=[N+]=[N-])[C@@H](N=[N+]=[N-])C[C@H]1N=[N+]=[N-].CC(=O)O[C@@H]1[C@@H](OC(C)=O)[C@H](O)[C@@H](N=[N+]=[N-])C[C@H]1N=[N+]=[N-].CC1[C@@H](CN=[N+]=[N-])O[C@H](O[C@H]2[C@H](O)[C@@H](O)[C@H](N=[N+]=[N-])C[C@@H]2N=[N+]=[N-])[C@H](N=[N+]=[N-])[C@H]1F.Cc1ccc(SC2O[C@H](CN=[N+]=[N-])C(C)[C@H](F)[C@H]2N=[N+]=[N-])cc1. The lowest BCUT2D eigenvalue weighted by Gasteiger charge is -2.45. The van der Waals surface area contributed by atoms with Gasteiger partial charge in [0, 0.05) is 116 Å². The van der Waals surface area contributed by atoms with Crippen LogP contribution in [0.2, 0.25) is 0 Å². The van der Waals surface area contributed by atoms with E-state index in [1.165, 1.54) is 39.5 Å². The number of aryl methyl sites for hydroxylation is 1. The molecular formula is C59H89F3N36O18S. The second-order valence-corrected chi connectivity index (χ2v) is 26.3. The lowest BCUT2D eigenvalue weighted by Crippen LogP contribution is -2.60. The Bertz CT molecular complexity index is 4050. The van der Waals surface area contributed by atoms with Gasteiger partial charge in [-0.15, -0.1) is 0 Å². The first kappa shape index (κ1) is 105. The van der Waals surface area contributed by atoms with Gasteiger partial charge in [-0.2, -0.15) is 0 Å². The molecule has 1 aromatic rings. The van der Waals surface area contributed by atoms with Gasteiger partial charge in [0.05, 0.1) is 92.5 Å². The number of carbonyl (C=O) groups excluding carboxylic acids is 5. The lowest BCUT2D eigenvalue weighted by atomic mass is 9.84. The number of benzene rings is 1. The minimum absolute atomic E-state index is 0. The molecule has 117 heavy (non-hydrogen) atoms. The molecule has 3 heterocycles. The van der Waals surface area contributed by atoms with Crippen LogP contribution in [0.3, 0.4) is 0 Å². The van der Waals surface area contributed by atoms with E-state index in [1.54, 1.807) is 6.92 Å². The number of ether oxygens (including phenoxy) is 9. The first-order valence-corrected chi connectivity index (χ1v) is 34.4. The molecule has 30 atom stereocenters. The number of aliphatic hydroxyl groups is 4. The van der Waals surface area contributed by atoms with E-state index < -0.39 is 212 Å². The summed E-state index contributed by atoms with van der Waals surface area (Å²) in [6, 6.07) is -2.50. The van der Waals surface area contributed by atoms with Gasteiger partial charge in [0.1, 0.15) is 72.6 Å². The van der Waals surface area contributed by atoms with Crippen molar-refractivity contribution in [3.05, 3.63) is 155 Å². The third kappa shape index (κ3) is 31.8. The molecule has 0 aromatic heterocycles. The van der Waals surface area contributed by atoms with Crippen molar-refractivity contribution in [1.82, 2.24) is 0 Å². The minimum Gasteiger partial charge on any atom is -0.459 e. The van der Waals surface area contributed by atoms with E-state index >= 15 is 4.39 Å². The molecule has 0 radical (unpaired) electrons. The van der Waals surface area contributed by atoms with Gasteiger partial charge in [0.25, 0.3) is 0 Å². The zero-order valence-electron chi connectivity index (χ0n) is 61.5. The summed E-state index contributed by atoms with van der Waals surface area (Å²) in [4.78, 5) is 86.0. The average molecular weight is 1680 g/mol. The second-order valence-electron chi connectivity index (χ2n) is 25.1. The third-order valence-corrected chi connectivity index (χ3v) is 18.7. The summed E-state index contributed by atoms with van der Waals surface area (Å²) in [6.07, 6.45) is -23.7. The largest absolute Gasteiger partial charge is 0.459 e. The Morgan fingerprint density at radius 1 is 0.402 bits per heavy atom. The molecule has 6 fully saturated rings. The van der Waals surface area contributed by atoms with Gasteiger partial charge in [0.15, 0.2) is 18.7 Å². The van der Waals surface area contributed by atoms with Gasteiger partial charge < -0.3 is 63.1 Å². The Labute approximate surface area is 666 Å². The maximum Gasteiger partial charge on any atom is 0.310 e. The smallest absolute Gasteiger partial charge is 0.310 e. The van der Waals surface area contributed by atoms with Crippen molar-refractivity contribution >= 4 is 41.6 Å². The zero-order chi connectivity index (χ0) is 85.5. The molecule has 3 saturated heterocycles. The van der Waals surface area contributed by atoms with E-state index in [4.69, 9.17) is 104 Å². The Balaban J connectivity index is 0.00000150. The van der Waals surface area contributed by atoms with Crippen LogP contribution >= 0.6 is 11.8 Å². The summed E-state index contributed by atoms with van der Waals surface area (Å²) in [5, 5.41) is 83.0. The van der Waals surface area contributed by atoms with Crippen LogP contribution in [0.25, 0.3) is 125 Å². The van der Waals surface area contributed by atoms with E-state index in [0.29, 0.717) is 0 Å². The van der Waals surface area contributed by atoms with Crippen LogP contribution in [0.1, 0.15) is 102 Å². The molecule has 3 aliphatic carbocycles. The highest BCUT2D eigenvalue weighted by Crippen LogP contribution is 2.41. The standard InChI is InChI=1S/C15H21FN12O5.C14H17FN6OS.C13H19FN12O4.C10H14N6O5.C4H6O3.3CH4/c1-5-9(4-21-25-17)32-15(11(10(5)16)24-28-20)33-14-8(23-27-19)3-7(22-26-18)13(12(14)30)31-6(2)29;1-8-3-5-10(6-4-8)23-14-13(19-21-17)12(15)9(2)11(22-14)7-18-20-16;1-4-7(3-19-23-15)29-13(9(8(4)14)22-26-18)30-12-6(21-25-17)2-5(20-24-16)10(27)11(12)28;1-4(17)20-9-7(14-16-12)3-6(13-15-11)8(19)10(9)21-5(2)18;1-3(5)7-4(2)6;;;/h5,7-15,30H,3-4H2,1-2H3;3-6,9,11-14H,7H2,1-2H3;4-13,27-28H,2-3H2,1H3;6-10,19H,3H2,1-2H3;1-2H3;3*1H4/t5-,7-,8+,9-,10+,11-,12-,13+,14-,15-;9?,11-,12+,13-,14?;4?,5-,6+,7-,8+,9-,10+,11-,12-,13-;6-,7+,8+,9-,10-;;;;/m1110..../s1.